The minimum Gasteiger partial charge on any atom is -0.507 e. The summed E-state index contributed by atoms with van der Waals surface area (Å²) in [5.41, 5.74) is 1.75. The third kappa shape index (κ3) is 8.95. The molecule has 0 aliphatic rings. The van der Waals surface area contributed by atoms with E-state index in [1.807, 2.05) is 83.1 Å². The van der Waals surface area contributed by atoms with E-state index in [4.69, 9.17) is 9.47 Å². The van der Waals surface area contributed by atoms with Crippen LogP contribution in [0.25, 0.3) is 0 Å². The van der Waals surface area contributed by atoms with Gasteiger partial charge in [-0.05, 0) is 45.9 Å². The van der Waals surface area contributed by atoms with Gasteiger partial charge in [0, 0.05) is 22.3 Å². The largest absolute Gasteiger partial charge is 0.507 e. The fourth-order valence-corrected chi connectivity index (χ4v) is 4.56. The van der Waals surface area contributed by atoms with E-state index in [1.165, 1.54) is 0 Å². The first-order valence-corrected chi connectivity index (χ1v) is 14.5. The zero-order valence-electron chi connectivity index (χ0n) is 27.6. The molecule has 0 radical (unpaired) electrons. The Morgan fingerprint density at radius 2 is 0.810 bits per heavy atom. The first-order chi connectivity index (χ1) is 18.9. The van der Waals surface area contributed by atoms with Gasteiger partial charge in [-0.3, -0.25) is 0 Å². The highest BCUT2D eigenvalue weighted by molar-refractivity contribution is 5.91. The molecule has 0 aliphatic heterocycles. The average molecular weight is 586 g/mol. The Bertz CT molecular complexity index is 1120. The first kappa shape index (κ1) is 35.1. The van der Waals surface area contributed by atoms with Crippen molar-refractivity contribution in [2.45, 2.75) is 105 Å². The minimum absolute atomic E-state index is 0.0151. The molecule has 0 aromatic heterocycles. The Morgan fingerprint density at radius 3 is 1.02 bits per heavy atom. The Labute approximate surface area is 251 Å². The molecule has 0 atom stereocenters. The number of carbonyl (C=O) groups is 2. The second-order valence-corrected chi connectivity index (χ2v) is 15.1. The lowest BCUT2D eigenvalue weighted by Gasteiger charge is -2.28. The summed E-state index contributed by atoms with van der Waals surface area (Å²) >= 11 is 0. The Morgan fingerprint density at radius 1 is 0.571 bits per heavy atom. The van der Waals surface area contributed by atoms with Crippen LogP contribution in [0.5, 0.6) is 11.5 Å². The van der Waals surface area contributed by atoms with E-state index < -0.39 is 11.9 Å². The molecule has 2 aromatic rings. The average Bonchev–Trinajstić information content (AvgIpc) is 2.81. The highest BCUT2D eigenvalue weighted by atomic mass is 16.6. The van der Waals surface area contributed by atoms with Crippen molar-refractivity contribution in [2.24, 2.45) is 0 Å². The highest BCUT2D eigenvalue weighted by Crippen LogP contribution is 2.41. The van der Waals surface area contributed by atoms with Crippen LogP contribution in [0.1, 0.15) is 126 Å². The van der Waals surface area contributed by atoms with Crippen molar-refractivity contribution in [3.63, 3.8) is 0 Å². The molecule has 0 saturated heterocycles. The Balaban J connectivity index is 2.02. The van der Waals surface area contributed by atoms with E-state index in [2.05, 4.69) is 0 Å². The summed E-state index contributed by atoms with van der Waals surface area (Å²) in [4.78, 5) is 25.8. The monoisotopic (exact) mass is 585 g/mol. The molecule has 3 N–H and O–H groups in total. The zero-order valence-corrected chi connectivity index (χ0v) is 27.6. The molecule has 0 heterocycles. The van der Waals surface area contributed by atoms with Gasteiger partial charge >= 0.3 is 11.9 Å². The van der Waals surface area contributed by atoms with Gasteiger partial charge in [-0.1, -0.05) is 83.1 Å². The molecular formula is C34H51NO7. The lowest BCUT2D eigenvalue weighted by atomic mass is 9.78. The van der Waals surface area contributed by atoms with Crippen molar-refractivity contribution >= 4 is 11.9 Å². The van der Waals surface area contributed by atoms with Crippen LogP contribution >= 0.6 is 0 Å². The number of carbonyl (C=O) groups excluding carboxylic acids is 2. The second-order valence-electron chi connectivity index (χ2n) is 15.1. The quantitative estimate of drug-likeness (QED) is 0.224. The number of phenolic OH excluding ortho intramolecular Hbond substituents is 2. The number of hydrogen-bond acceptors (Lipinski definition) is 8. The van der Waals surface area contributed by atoms with Gasteiger partial charge in [0.05, 0.1) is 24.2 Å². The first-order valence-electron chi connectivity index (χ1n) is 14.5. The molecule has 8 nitrogen and oxygen atoms in total. The van der Waals surface area contributed by atoms with Gasteiger partial charge in [-0.25, -0.2) is 9.59 Å². The van der Waals surface area contributed by atoms with Crippen molar-refractivity contribution in [1.82, 2.24) is 5.06 Å². The van der Waals surface area contributed by atoms with Gasteiger partial charge in [0.15, 0.2) is 0 Å². The van der Waals surface area contributed by atoms with Gasteiger partial charge in [0.1, 0.15) is 24.7 Å². The number of hydroxylamine groups is 2. The minimum atomic E-state index is -0.553. The maximum absolute atomic E-state index is 12.9. The van der Waals surface area contributed by atoms with E-state index in [0.29, 0.717) is 33.4 Å². The summed E-state index contributed by atoms with van der Waals surface area (Å²) in [6.45, 7) is 23.5. The van der Waals surface area contributed by atoms with E-state index >= 15 is 0 Å². The molecule has 42 heavy (non-hydrogen) atoms. The number of benzene rings is 2. The van der Waals surface area contributed by atoms with Gasteiger partial charge < -0.3 is 24.9 Å². The second kappa shape index (κ2) is 12.6. The van der Waals surface area contributed by atoms with Crippen molar-refractivity contribution < 1.29 is 34.5 Å². The van der Waals surface area contributed by atoms with Gasteiger partial charge in [0.25, 0.3) is 0 Å². The summed E-state index contributed by atoms with van der Waals surface area (Å²) in [6.07, 6.45) is 0. The molecule has 8 heteroatoms. The predicted molar refractivity (Wildman–Crippen MR) is 165 cm³/mol. The van der Waals surface area contributed by atoms with Crippen LogP contribution < -0.4 is 0 Å². The van der Waals surface area contributed by atoms with E-state index in [0.717, 1.165) is 5.06 Å². The summed E-state index contributed by atoms with van der Waals surface area (Å²) < 4.78 is 10.8. The van der Waals surface area contributed by atoms with Crippen LogP contribution in [0.15, 0.2) is 24.3 Å². The van der Waals surface area contributed by atoms with Gasteiger partial charge in [0.2, 0.25) is 0 Å². The number of esters is 2. The Hall–Kier alpha value is -3.10. The topological polar surface area (TPSA) is 117 Å². The van der Waals surface area contributed by atoms with Crippen molar-refractivity contribution in [2.75, 3.05) is 26.3 Å². The van der Waals surface area contributed by atoms with E-state index in [-0.39, 0.29) is 59.5 Å². The van der Waals surface area contributed by atoms with E-state index in [9.17, 15) is 25.0 Å². The van der Waals surface area contributed by atoms with Gasteiger partial charge in [-0.15, -0.1) is 0 Å². The normalized spacial score (nSPS) is 12.9. The molecule has 0 saturated carbocycles. The SMILES string of the molecule is CC(C)(C)c1cc(C(=O)OCCN(O)CCOC(=O)c2cc(C(C)(C)C)c(O)c(C(C)(C)C)c2)cc(C(C)(C)C)c1O. The van der Waals surface area contributed by atoms with E-state index in [1.54, 1.807) is 24.3 Å². The molecule has 234 valence electrons. The van der Waals surface area contributed by atoms with Crippen molar-refractivity contribution in [3.8, 4) is 11.5 Å². The maximum atomic E-state index is 12.9. The maximum Gasteiger partial charge on any atom is 0.338 e. The molecule has 0 bridgehead atoms. The summed E-state index contributed by atoms with van der Waals surface area (Å²) in [5.74, 6) is -0.747. The summed E-state index contributed by atoms with van der Waals surface area (Å²) in [5, 5.41) is 33.0. The highest BCUT2D eigenvalue weighted by Gasteiger charge is 2.29. The van der Waals surface area contributed by atoms with Crippen LogP contribution in [-0.4, -0.2) is 58.7 Å². The molecule has 0 spiro atoms. The smallest absolute Gasteiger partial charge is 0.338 e. The molecule has 2 rings (SSSR count). The molecular weight excluding hydrogens is 534 g/mol. The molecule has 2 aromatic carbocycles. The third-order valence-corrected chi connectivity index (χ3v) is 7.09. The van der Waals surface area contributed by atoms with Crippen LogP contribution in [0.4, 0.5) is 0 Å². The Kier molecular flexibility index (Phi) is 10.6. The fourth-order valence-electron chi connectivity index (χ4n) is 4.56. The van der Waals surface area contributed by atoms with Crippen molar-refractivity contribution in [3.05, 3.63) is 57.6 Å². The lowest BCUT2D eigenvalue weighted by Crippen LogP contribution is -2.29. The van der Waals surface area contributed by atoms with Gasteiger partial charge in [-0.2, -0.15) is 5.06 Å². The molecule has 0 aliphatic carbocycles. The van der Waals surface area contributed by atoms with Crippen molar-refractivity contribution in [1.29, 1.82) is 0 Å². The fraction of sp³-hybridized carbons (Fsp3) is 0.588. The number of hydrogen-bond donors (Lipinski definition) is 3. The van der Waals surface area contributed by atoms with Crippen LogP contribution in [0.2, 0.25) is 0 Å². The predicted octanol–water partition coefficient (Wildman–Crippen LogP) is 6.99. The lowest BCUT2D eigenvalue weighted by molar-refractivity contribution is -0.107. The standard InChI is InChI=1S/C34H51NO7/c1-31(2,3)23-17-21(18-24(27(23)36)32(4,5)6)29(38)41-15-13-35(40)14-16-42-30(39)22-19-25(33(7,8)9)28(37)26(20-22)34(10,11)12/h17-20,36-37,40H,13-16H2,1-12H3. The zero-order chi connectivity index (χ0) is 32.4. The summed E-state index contributed by atoms with van der Waals surface area (Å²) in [6, 6.07) is 6.62. The number of phenols is 2. The van der Waals surface area contributed by atoms with Crippen LogP contribution in [0, 0.1) is 0 Å². The number of ether oxygens (including phenoxy) is 2. The summed E-state index contributed by atoms with van der Waals surface area (Å²) in [7, 11) is 0. The van der Waals surface area contributed by atoms with Crippen LogP contribution in [-0.2, 0) is 31.1 Å². The molecule has 0 fully saturated rings. The number of rotatable bonds is 8. The third-order valence-electron chi connectivity index (χ3n) is 7.09. The molecule has 0 unspecified atom stereocenters. The molecule has 0 amide bonds. The van der Waals surface area contributed by atoms with Crippen LogP contribution in [0.3, 0.4) is 0 Å². The number of nitrogens with zero attached hydrogens (tertiary/aromatic N) is 1. The number of aromatic hydroxyl groups is 2.